The van der Waals surface area contributed by atoms with Crippen molar-refractivity contribution >= 4 is 52.0 Å². The van der Waals surface area contributed by atoms with Crippen molar-refractivity contribution in [3.05, 3.63) is 88.4 Å². The average molecular weight is 1100 g/mol. The van der Waals surface area contributed by atoms with Gasteiger partial charge in [0, 0.05) is 56.2 Å². The zero-order chi connectivity index (χ0) is 55.6. The van der Waals surface area contributed by atoms with Crippen molar-refractivity contribution < 1.29 is 47.0 Å². The van der Waals surface area contributed by atoms with E-state index >= 15 is 0 Å². The number of ketones is 1. The maximum Gasteiger partial charge on any atom is 0.258 e. The fourth-order valence-electron chi connectivity index (χ4n) is 10.1. The van der Waals surface area contributed by atoms with E-state index in [2.05, 4.69) is 31.6 Å². The van der Waals surface area contributed by atoms with Gasteiger partial charge in [-0.25, -0.2) is 18.7 Å². The number of rotatable bonds is 20. The predicted octanol–water partition coefficient (Wildman–Crippen LogP) is 3.87. The zero-order valence-corrected chi connectivity index (χ0v) is 45.4. The van der Waals surface area contributed by atoms with Crippen LogP contribution in [0.2, 0.25) is 0 Å². The van der Waals surface area contributed by atoms with Crippen LogP contribution in [0.3, 0.4) is 0 Å². The molecule has 21 nitrogen and oxygen atoms in total. The van der Waals surface area contributed by atoms with Crippen LogP contribution >= 0.6 is 11.8 Å². The number of nitrogens with zero attached hydrogens (tertiary/aromatic N) is 10. The predicted molar refractivity (Wildman–Crippen MR) is 286 cm³/mol. The number of benzene rings is 2. The number of nitrogens with two attached hydrogens (primary N) is 1. The molecule has 2 saturated heterocycles. The molecule has 6 heterocycles. The lowest BCUT2D eigenvalue weighted by Crippen LogP contribution is -2.58. The highest BCUT2D eigenvalue weighted by atomic mass is 32.2. The monoisotopic (exact) mass is 1100 g/mol. The molecule has 4 aliphatic heterocycles. The van der Waals surface area contributed by atoms with Crippen molar-refractivity contribution in [2.24, 2.45) is 10.9 Å². The molecule has 8 rings (SSSR count). The summed E-state index contributed by atoms with van der Waals surface area (Å²) in [6, 6.07) is 9.36. The fourth-order valence-corrected chi connectivity index (χ4v) is 11.3. The summed E-state index contributed by atoms with van der Waals surface area (Å²) >= 11 is 1.48. The van der Waals surface area contributed by atoms with E-state index < -0.39 is 41.8 Å². The van der Waals surface area contributed by atoms with E-state index in [4.69, 9.17) is 30.0 Å². The highest BCUT2D eigenvalue weighted by Gasteiger charge is 2.43. The third kappa shape index (κ3) is 13.5. The molecule has 4 amide bonds. The Hall–Kier alpha value is -6.91. The second-order valence-electron chi connectivity index (χ2n) is 19.9. The minimum atomic E-state index is -0.836. The third-order valence-electron chi connectivity index (χ3n) is 14.7. The number of nitrogens with one attached hydrogen (secondary N) is 2. The number of fused-ring (bicyclic) bond motifs is 5. The van der Waals surface area contributed by atoms with E-state index in [9.17, 15) is 38.0 Å². The van der Waals surface area contributed by atoms with Gasteiger partial charge in [0.1, 0.15) is 41.6 Å². The highest BCUT2D eigenvalue weighted by Crippen LogP contribution is 2.35. The summed E-state index contributed by atoms with van der Waals surface area (Å²) < 4.78 is 47.1. The second kappa shape index (κ2) is 26.2. The number of thioether (sulfide) groups is 1. The summed E-state index contributed by atoms with van der Waals surface area (Å²) in [6.45, 7) is 7.55. The van der Waals surface area contributed by atoms with Crippen molar-refractivity contribution in [1.29, 1.82) is 5.26 Å². The molecule has 78 heavy (non-hydrogen) atoms. The average Bonchev–Trinajstić information content (AvgIpc) is 4.29. The number of ether oxygens (including phenoxy) is 3. The molecule has 0 spiro atoms. The van der Waals surface area contributed by atoms with Crippen LogP contribution in [0.4, 0.5) is 14.6 Å². The first-order valence-corrected chi connectivity index (χ1v) is 27.3. The van der Waals surface area contributed by atoms with Crippen molar-refractivity contribution in [1.82, 2.24) is 50.0 Å². The molecule has 2 aromatic carbocycles. The van der Waals surface area contributed by atoms with Crippen molar-refractivity contribution in [2.45, 2.75) is 89.3 Å². The largest absolute Gasteiger partial charge is 0.467 e. The van der Waals surface area contributed by atoms with Crippen LogP contribution in [0.1, 0.15) is 89.7 Å². The minimum Gasteiger partial charge on any atom is -0.467 e. The van der Waals surface area contributed by atoms with E-state index in [0.29, 0.717) is 86.8 Å². The number of carbonyl (C=O) groups excluding carboxylic acids is 5. The Kier molecular flexibility index (Phi) is 19.2. The van der Waals surface area contributed by atoms with Crippen LogP contribution < -0.4 is 21.1 Å². The number of amides is 4. The van der Waals surface area contributed by atoms with Crippen LogP contribution in [0.15, 0.2) is 53.7 Å². The first kappa shape index (κ1) is 57.3. The molecule has 4 N–H and O–H groups in total. The van der Waals surface area contributed by atoms with Crippen LogP contribution in [0, 0.1) is 28.9 Å². The number of likely N-dealkylation sites (N-methyl/N-ethyl adjacent to an activating group) is 2. The van der Waals surface area contributed by atoms with Gasteiger partial charge in [0.05, 0.1) is 86.2 Å². The van der Waals surface area contributed by atoms with E-state index in [0.717, 1.165) is 11.5 Å². The molecule has 0 saturated carbocycles. The number of Topliss-reactive ketones (excluding diaryl/α,β-unsaturated/α-hetero) is 1. The van der Waals surface area contributed by atoms with Gasteiger partial charge in [-0.1, -0.05) is 0 Å². The Morgan fingerprint density at radius 1 is 1.01 bits per heavy atom. The number of aromatic nitrogens is 4. The van der Waals surface area contributed by atoms with Gasteiger partial charge in [0.25, 0.3) is 11.8 Å². The molecule has 1 unspecified atom stereocenters. The maximum absolute atomic E-state index is 14.5. The second-order valence-corrected chi connectivity index (χ2v) is 21.0. The summed E-state index contributed by atoms with van der Waals surface area (Å²) in [6.07, 6.45) is 3.53. The van der Waals surface area contributed by atoms with Gasteiger partial charge in [-0.15, -0.1) is 11.8 Å². The molecule has 2 bridgehead atoms. The summed E-state index contributed by atoms with van der Waals surface area (Å²) in [7, 11) is 4.93. The summed E-state index contributed by atoms with van der Waals surface area (Å²) in [5.41, 5.74) is 8.09. The lowest BCUT2D eigenvalue weighted by atomic mass is 9.88. The number of nitrogen functional groups attached to an aromatic ring is 1. The Labute approximate surface area is 456 Å². The van der Waals surface area contributed by atoms with Crippen LogP contribution in [-0.4, -0.2) is 184 Å². The number of piperidine rings is 1. The molecule has 416 valence electrons. The normalized spacial score (nSPS) is 19.6. The fraction of sp³-hybridized carbons (Fsp3) is 0.519. The number of anilines is 1. The Bertz CT molecular complexity index is 2910. The molecule has 2 aromatic heterocycles. The molecule has 5 atom stereocenters. The van der Waals surface area contributed by atoms with Crippen molar-refractivity contribution in [2.75, 3.05) is 91.8 Å². The summed E-state index contributed by atoms with van der Waals surface area (Å²) in [5.74, 6) is -1.88. The van der Waals surface area contributed by atoms with Crippen LogP contribution in [0.5, 0.6) is 5.88 Å². The van der Waals surface area contributed by atoms with Crippen molar-refractivity contribution in [3.63, 3.8) is 0 Å². The maximum atomic E-state index is 14.5. The number of likely N-dealkylation sites (tertiary alicyclic amines) is 2. The number of hydrogen-bond acceptors (Lipinski definition) is 17. The van der Waals surface area contributed by atoms with Crippen molar-refractivity contribution in [3.8, 4) is 23.2 Å². The molecule has 0 radical (unpaired) electrons. The van der Waals surface area contributed by atoms with Crippen LogP contribution in [-0.2, 0) is 36.9 Å². The molecule has 4 aliphatic rings. The Morgan fingerprint density at radius 3 is 2.47 bits per heavy atom. The van der Waals surface area contributed by atoms with Gasteiger partial charge in [-0.2, -0.15) is 10.4 Å². The van der Waals surface area contributed by atoms with Gasteiger partial charge in [-0.05, 0) is 108 Å². The minimum absolute atomic E-state index is 0.0321. The van der Waals surface area contributed by atoms with Gasteiger partial charge < -0.3 is 50.2 Å². The summed E-state index contributed by atoms with van der Waals surface area (Å²) in [5, 5.41) is 21.9. The van der Waals surface area contributed by atoms with E-state index in [1.165, 1.54) is 74.9 Å². The Balaban J connectivity index is 0.773. The highest BCUT2D eigenvalue weighted by molar-refractivity contribution is 8.14. The lowest BCUT2D eigenvalue weighted by Gasteiger charge is -2.38. The van der Waals surface area contributed by atoms with E-state index in [1.807, 2.05) is 4.90 Å². The van der Waals surface area contributed by atoms with Gasteiger partial charge in [0.2, 0.25) is 17.7 Å². The number of nitriles is 1. The van der Waals surface area contributed by atoms with Gasteiger partial charge in [0.15, 0.2) is 11.6 Å². The first-order chi connectivity index (χ1) is 37.5. The quantitative estimate of drug-likeness (QED) is 0.0839. The SMILES string of the molecule is CN[C@@H](C)C(=O)N[C@H](C(=O)N1CCC[C@H]1C1=NC(C(=O)c2ccc(F)cc2)CS1)C1CCN(CCOCCOCCC(=O)N(C)CCn2nc3c(c2C#N)-c2cnc(N)c(n2)O[C@H](C)c2cc(F)ccc2C(=O)N(C)C3)CC1. The molecular weight excluding hydrogens is 1030 g/mol. The smallest absolute Gasteiger partial charge is 0.258 e. The molecular formula is C54H67F2N13O8S. The summed E-state index contributed by atoms with van der Waals surface area (Å²) in [4.78, 5) is 88.6. The zero-order valence-electron chi connectivity index (χ0n) is 44.6. The molecule has 24 heteroatoms. The molecule has 4 aromatic rings. The molecule has 2 fully saturated rings. The standard InChI is InChI=1S/C54H67F2N13O8S/c1-32(59-3)50(72)63-47(54(74)68-17-6-7-43(68)52-62-42(31-78-52)48(71)35-8-10-36(55)11-9-35)34-14-18-67(19-15-34)22-24-76-26-25-75-23-16-45(70)65(4)20-21-69-44(28-57)46-40-29-60-49(58)51(61-40)77-33(2)39-27-37(56)12-13-38(39)53(73)66(5)30-41(46)64-69/h8-13,27,29,32-34,42-43,47,59H,6-7,14-26,30-31H2,1-5H3,(H2,58,60)(H,63,72)/t32-,33+,42?,43-,47-/m0/s1. The van der Waals surface area contributed by atoms with E-state index in [-0.39, 0.29) is 103 Å². The lowest BCUT2D eigenvalue weighted by molar-refractivity contribution is -0.138. The number of halogens is 2. The Morgan fingerprint density at radius 2 is 1.74 bits per heavy atom. The third-order valence-corrected chi connectivity index (χ3v) is 15.9. The number of carbonyl (C=O) groups is 5. The molecule has 0 aliphatic carbocycles. The van der Waals surface area contributed by atoms with E-state index in [1.54, 1.807) is 35.0 Å². The van der Waals surface area contributed by atoms with Gasteiger partial charge >= 0.3 is 0 Å². The van der Waals surface area contributed by atoms with Crippen LogP contribution in [0.25, 0.3) is 11.3 Å². The first-order valence-electron chi connectivity index (χ1n) is 26.3. The topological polar surface area (TPSA) is 256 Å². The van der Waals surface area contributed by atoms with Gasteiger partial charge in [-0.3, -0.25) is 33.6 Å². The number of aliphatic imine (C=N–C) groups is 1. The number of hydrogen-bond donors (Lipinski definition) is 3.